The van der Waals surface area contributed by atoms with Crippen molar-refractivity contribution in [2.45, 2.75) is 44.6 Å². The Bertz CT molecular complexity index is 768. The summed E-state index contributed by atoms with van der Waals surface area (Å²) in [5.41, 5.74) is -0.282. The van der Waals surface area contributed by atoms with Gasteiger partial charge in [0.2, 0.25) is 11.8 Å². The van der Waals surface area contributed by atoms with Crippen molar-refractivity contribution in [3.63, 3.8) is 0 Å². The highest BCUT2D eigenvalue weighted by Gasteiger charge is 2.51. The van der Waals surface area contributed by atoms with E-state index in [2.05, 4.69) is 15.5 Å². The predicted octanol–water partition coefficient (Wildman–Crippen LogP) is 3.31. The molecule has 2 aromatic rings. The van der Waals surface area contributed by atoms with Gasteiger partial charge in [-0.25, -0.2) is 4.39 Å². The van der Waals surface area contributed by atoms with Crippen LogP contribution >= 0.6 is 11.6 Å². The molecule has 7 heteroatoms. The van der Waals surface area contributed by atoms with Gasteiger partial charge in [-0.2, -0.15) is 4.98 Å². The number of nitrogens with zero attached hydrogens (tertiary/aromatic N) is 2. The molecule has 1 aliphatic rings. The van der Waals surface area contributed by atoms with Crippen LogP contribution in [0.4, 0.5) is 4.39 Å². The van der Waals surface area contributed by atoms with Crippen LogP contribution in [0.2, 0.25) is 5.02 Å². The Balaban J connectivity index is 1.93. The molecule has 1 N–H and O–H groups in total. The van der Waals surface area contributed by atoms with Crippen LogP contribution in [0.25, 0.3) is 0 Å². The number of aromatic nitrogens is 2. The van der Waals surface area contributed by atoms with Gasteiger partial charge in [0.1, 0.15) is 5.82 Å². The molecule has 122 valence electrons. The van der Waals surface area contributed by atoms with Gasteiger partial charge in [-0.3, -0.25) is 4.79 Å². The van der Waals surface area contributed by atoms with Gasteiger partial charge >= 0.3 is 0 Å². The van der Waals surface area contributed by atoms with Crippen molar-refractivity contribution in [3.8, 4) is 0 Å². The molecule has 1 amide bonds. The molecule has 0 aliphatic heterocycles. The maximum atomic E-state index is 13.4. The largest absolute Gasteiger partial charge is 0.344 e. The minimum absolute atomic E-state index is 0.0760. The zero-order valence-corrected chi connectivity index (χ0v) is 13.9. The fourth-order valence-electron chi connectivity index (χ4n) is 2.71. The average Bonchev–Trinajstić information content (AvgIpc) is 3.09. The predicted molar refractivity (Wildman–Crippen MR) is 82.6 cm³/mol. The summed E-state index contributed by atoms with van der Waals surface area (Å²) in [6.45, 7) is 5.04. The molecule has 1 heterocycles. The maximum absolute atomic E-state index is 13.4. The molecule has 0 radical (unpaired) electrons. The van der Waals surface area contributed by atoms with E-state index in [0.717, 1.165) is 18.4 Å². The molecule has 5 nitrogen and oxygen atoms in total. The van der Waals surface area contributed by atoms with Crippen molar-refractivity contribution >= 4 is 17.5 Å². The van der Waals surface area contributed by atoms with E-state index in [4.69, 9.17) is 16.1 Å². The second kappa shape index (κ2) is 5.30. The molecule has 1 aromatic carbocycles. The summed E-state index contributed by atoms with van der Waals surface area (Å²) in [5, 5.41) is 6.86. The standard InChI is InChI=1S/C16H17ClFN3O2/c1-9(22)20-15(2,3)13-19-14(23-21-13)16(6-7-16)10-4-5-12(18)11(17)8-10/h4-5,8H,6-7H2,1-3H3,(H,20,22). The summed E-state index contributed by atoms with van der Waals surface area (Å²) in [4.78, 5) is 15.8. The lowest BCUT2D eigenvalue weighted by Gasteiger charge is -2.21. The third-order valence-corrected chi connectivity index (χ3v) is 4.39. The molecule has 0 unspecified atom stereocenters. The van der Waals surface area contributed by atoms with E-state index in [0.29, 0.717) is 11.7 Å². The Hall–Kier alpha value is -1.95. The Kier molecular flexibility index (Phi) is 3.67. The Labute approximate surface area is 138 Å². The molecule has 1 aliphatic carbocycles. The van der Waals surface area contributed by atoms with Crippen LogP contribution < -0.4 is 5.32 Å². The molecule has 0 atom stereocenters. The van der Waals surface area contributed by atoms with E-state index >= 15 is 0 Å². The van der Waals surface area contributed by atoms with Gasteiger partial charge in [0.05, 0.1) is 16.0 Å². The summed E-state index contributed by atoms with van der Waals surface area (Å²) >= 11 is 5.88. The van der Waals surface area contributed by atoms with Crippen molar-refractivity contribution in [3.05, 3.63) is 46.3 Å². The first-order chi connectivity index (χ1) is 10.7. The quantitative estimate of drug-likeness (QED) is 0.929. The minimum atomic E-state index is -0.732. The number of hydrogen-bond donors (Lipinski definition) is 1. The van der Waals surface area contributed by atoms with Crippen LogP contribution in [-0.2, 0) is 15.7 Å². The van der Waals surface area contributed by atoms with Crippen LogP contribution in [0, 0.1) is 5.82 Å². The van der Waals surface area contributed by atoms with Crippen LogP contribution in [-0.4, -0.2) is 16.0 Å². The number of amides is 1. The second-order valence-electron chi connectivity index (χ2n) is 6.44. The lowest BCUT2D eigenvalue weighted by molar-refractivity contribution is -0.120. The molecule has 1 aromatic heterocycles. The first kappa shape index (κ1) is 15.9. The van der Waals surface area contributed by atoms with E-state index in [1.807, 2.05) is 0 Å². The van der Waals surface area contributed by atoms with Crippen molar-refractivity contribution in [1.29, 1.82) is 0 Å². The normalized spacial score (nSPS) is 16.2. The van der Waals surface area contributed by atoms with Crippen molar-refractivity contribution in [1.82, 2.24) is 15.5 Å². The number of halogens is 2. The van der Waals surface area contributed by atoms with Crippen molar-refractivity contribution < 1.29 is 13.7 Å². The number of rotatable bonds is 4. The SMILES string of the molecule is CC(=O)NC(C)(C)c1noc(C2(c3ccc(F)c(Cl)c3)CC2)n1. The number of benzene rings is 1. The fraction of sp³-hybridized carbons (Fsp3) is 0.438. The van der Waals surface area contributed by atoms with Crippen LogP contribution in [0.15, 0.2) is 22.7 Å². The second-order valence-corrected chi connectivity index (χ2v) is 6.85. The first-order valence-electron chi connectivity index (χ1n) is 7.33. The zero-order valence-electron chi connectivity index (χ0n) is 13.1. The monoisotopic (exact) mass is 337 g/mol. The van der Waals surface area contributed by atoms with Gasteiger partial charge in [-0.1, -0.05) is 22.8 Å². The average molecular weight is 338 g/mol. The third-order valence-electron chi connectivity index (χ3n) is 4.11. The smallest absolute Gasteiger partial charge is 0.237 e. The van der Waals surface area contributed by atoms with E-state index < -0.39 is 16.8 Å². The van der Waals surface area contributed by atoms with Gasteiger partial charge in [0.25, 0.3) is 0 Å². The number of hydrogen-bond acceptors (Lipinski definition) is 4. The Morgan fingerprint density at radius 1 is 1.43 bits per heavy atom. The number of carbonyl (C=O) groups excluding carboxylic acids is 1. The minimum Gasteiger partial charge on any atom is -0.344 e. The zero-order chi connectivity index (χ0) is 16.8. The summed E-state index contributed by atoms with van der Waals surface area (Å²) in [6.07, 6.45) is 1.66. The van der Waals surface area contributed by atoms with E-state index in [-0.39, 0.29) is 10.9 Å². The summed E-state index contributed by atoms with van der Waals surface area (Å²) < 4.78 is 18.8. The molecule has 1 fully saturated rings. The first-order valence-corrected chi connectivity index (χ1v) is 7.71. The summed E-state index contributed by atoms with van der Waals surface area (Å²) in [5.74, 6) is 0.243. The van der Waals surface area contributed by atoms with Crippen molar-refractivity contribution in [2.75, 3.05) is 0 Å². The summed E-state index contributed by atoms with van der Waals surface area (Å²) in [7, 11) is 0. The number of nitrogens with one attached hydrogen (secondary N) is 1. The highest BCUT2D eigenvalue weighted by molar-refractivity contribution is 6.30. The van der Waals surface area contributed by atoms with Crippen LogP contribution in [0.5, 0.6) is 0 Å². The highest BCUT2D eigenvalue weighted by Crippen LogP contribution is 2.53. The van der Waals surface area contributed by atoms with E-state index in [1.54, 1.807) is 26.0 Å². The molecular formula is C16H17ClFN3O2. The molecule has 1 saturated carbocycles. The van der Waals surface area contributed by atoms with Gasteiger partial charge in [-0.05, 0) is 44.4 Å². The fourth-order valence-corrected chi connectivity index (χ4v) is 2.89. The van der Waals surface area contributed by atoms with E-state index in [9.17, 15) is 9.18 Å². The highest BCUT2D eigenvalue weighted by atomic mass is 35.5. The Morgan fingerprint density at radius 3 is 2.70 bits per heavy atom. The summed E-state index contributed by atoms with van der Waals surface area (Å²) in [6, 6.07) is 4.64. The van der Waals surface area contributed by atoms with Crippen LogP contribution in [0.3, 0.4) is 0 Å². The van der Waals surface area contributed by atoms with Gasteiger partial charge in [-0.15, -0.1) is 0 Å². The molecular weight excluding hydrogens is 321 g/mol. The molecule has 3 rings (SSSR count). The van der Waals surface area contributed by atoms with Gasteiger partial charge < -0.3 is 9.84 Å². The van der Waals surface area contributed by atoms with Crippen LogP contribution in [0.1, 0.15) is 50.9 Å². The molecule has 0 saturated heterocycles. The topological polar surface area (TPSA) is 68.0 Å². The number of carbonyl (C=O) groups is 1. The van der Waals surface area contributed by atoms with Crippen molar-refractivity contribution in [2.24, 2.45) is 0 Å². The lowest BCUT2D eigenvalue weighted by Crippen LogP contribution is -2.40. The van der Waals surface area contributed by atoms with Gasteiger partial charge in [0.15, 0.2) is 5.82 Å². The molecule has 23 heavy (non-hydrogen) atoms. The van der Waals surface area contributed by atoms with E-state index in [1.165, 1.54) is 13.0 Å². The third kappa shape index (κ3) is 2.83. The molecule has 0 spiro atoms. The Morgan fingerprint density at radius 2 is 2.13 bits per heavy atom. The molecule has 0 bridgehead atoms. The van der Waals surface area contributed by atoms with Gasteiger partial charge in [0, 0.05) is 6.92 Å². The lowest BCUT2D eigenvalue weighted by atomic mass is 9.95. The maximum Gasteiger partial charge on any atom is 0.237 e.